The number of hydrogen-bond acceptors (Lipinski definition) is 5. The van der Waals surface area contributed by atoms with Gasteiger partial charge in [0.05, 0.1) is 12.7 Å². The van der Waals surface area contributed by atoms with Crippen molar-refractivity contribution in [3.8, 4) is 11.6 Å². The average Bonchev–Trinajstić information content (AvgIpc) is 2.54. The van der Waals surface area contributed by atoms with Crippen molar-refractivity contribution in [1.29, 1.82) is 0 Å². The maximum Gasteiger partial charge on any atom is 0.387 e. The number of benzene rings is 1. The second kappa shape index (κ2) is 7.43. The second-order valence-electron chi connectivity index (χ2n) is 4.26. The molecule has 122 valence electrons. The number of amides is 1. The Labute approximate surface area is 129 Å². The van der Waals surface area contributed by atoms with Crippen LogP contribution in [-0.2, 0) is 6.54 Å². The third-order valence-corrected chi connectivity index (χ3v) is 2.79. The van der Waals surface area contributed by atoms with Crippen molar-refractivity contribution in [2.45, 2.75) is 13.2 Å². The van der Waals surface area contributed by atoms with Crippen molar-refractivity contribution in [3.05, 3.63) is 47.7 Å². The fourth-order valence-corrected chi connectivity index (χ4v) is 1.76. The lowest BCUT2D eigenvalue weighted by Crippen LogP contribution is -2.23. The number of carbonyl (C=O) groups excluding carboxylic acids is 1. The molecule has 0 saturated carbocycles. The molecule has 1 aromatic heterocycles. The zero-order valence-electron chi connectivity index (χ0n) is 11.9. The molecule has 0 fully saturated rings. The van der Waals surface area contributed by atoms with Crippen LogP contribution < -0.4 is 14.8 Å². The number of nitrogens with zero attached hydrogens (tertiary/aromatic N) is 2. The van der Waals surface area contributed by atoms with E-state index >= 15 is 0 Å². The van der Waals surface area contributed by atoms with Gasteiger partial charge in [-0.3, -0.25) is 4.79 Å². The minimum absolute atomic E-state index is 0.0417. The van der Waals surface area contributed by atoms with Crippen LogP contribution in [0.15, 0.2) is 30.7 Å². The minimum Gasteiger partial charge on any atom is -0.481 e. The van der Waals surface area contributed by atoms with E-state index in [1.54, 1.807) is 0 Å². The Morgan fingerprint density at radius 1 is 1.39 bits per heavy atom. The molecule has 2 rings (SSSR count). The van der Waals surface area contributed by atoms with Crippen molar-refractivity contribution in [2.24, 2.45) is 0 Å². The second-order valence-corrected chi connectivity index (χ2v) is 4.26. The number of ether oxygens (including phenoxy) is 2. The Balaban J connectivity index is 2.05. The molecule has 1 N–H and O–H groups in total. The average molecular weight is 327 g/mol. The first-order chi connectivity index (χ1) is 11.0. The van der Waals surface area contributed by atoms with E-state index < -0.39 is 24.1 Å². The van der Waals surface area contributed by atoms with Crippen LogP contribution in [0.1, 0.15) is 15.9 Å². The summed E-state index contributed by atoms with van der Waals surface area (Å²) in [5, 5.41) is 2.52. The summed E-state index contributed by atoms with van der Waals surface area (Å²) in [5.41, 5.74) is 0.487. The van der Waals surface area contributed by atoms with Crippen LogP contribution in [0.4, 0.5) is 13.2 Å². The molecular formula is C14H12F3N3O3. The van der Waals surface area contributed by atoms with E-state index in [0.29, 0.717) is 11.4 Å². The topological polar surface area (TPSA) is 73.3 Å². The zero-order valence-corrected chi connectivity index (χ0v) is 11.9. The number of carbonyl (C=O) groups is 1. The summed E-state index contributed by atoms with van der Waals surface area (Å²) in [4.78, 5) is 19.6. The molecule has 0 spiro atoms. The number of alkyl halides is 2. The van der Waals surface area contributed by atoms with Gasteiger partial charge in [0.2, 0.25) is 5.88 Å². The van der Waals surface area contributed by atoms with Crippen molar-refractivity contribution in [3.63, 3.8) is 0 Å². The molecule has 2 aromatic rings. The molecule has 0 unspecified atom stereocenters. The van der Waals surface area contributed by atoms with Gasteiger partial charge in [0, 0.05) is 18.3 Å². The molecule has 0 aliphatic carbocycles. The van der Waals surface area contributed by atoms with Crippen LogP contribution in [0.3, 0.4) is 0 Å². The predicted molar refractivity (Wildman–Crippen MR) is 72.8 cm³/mol. The van der Waals surface area contributed by atoms with Gasteiger partial charge in [-0.05, 0) is 18.2 Å². The maximum atomic E-state index is 13.6. The zero-order chi connectivity index (χ0) is 16.8. The van der Waals surface area contributed by atoms with Crippen LogP contribution in [0.25, 0.3) is 0 Å². The molecule has 0 aliphatic heterocycles. The van der Waals surface area contributed by atoms with E-state index in [1.165, 1.54) is 25.7 Å². The number of methoxy groups -OCH3 is 1. The normalized spacial score (nSPS) is 10.5. The van der Waals surface area contributed by atoms with E-state index in [2.05, 4.69) is 20.0 Å². The highest BCUT2D eigenvalue weighted by Crippen LogP contribution is 2.20. The third kappa shape index (κ3) is 4.31. The molecule has 0 aliphatic rings. The standard InChI is InChI=1S/C14H12F3N3O3/c1-22-13-9(5-18-7-20-13)6-19-12(21)8-2-3-11(10(15)4-8)23-14(16)17/h2-5,7,14H,6H2,1H3,(H,19,21). The van der Waals surface area contributed by atoms with E-state index in [9.17, 15) is 18.0 Å². The summed E-state index contributed by atoms with van der Waals surface area (Å²) in [6, 6.07) is 2.95. The fourth-order valence-electron chi connectivity index (χ4n) is 1.76. The van der Waals surface area contributed by atoms with Gasteiger partial charge >= 0.3 is 6.61 Å². The van der Waals surface area contributed by atoms with E-state index in [-0.39, 0.29) is 12.1 Å². The van der Waals surface area contributed by atoms with Crippen molar-refractivity contribution in [2.75, 3.05) is 7.11 Å². The van der Waals surface area contributed by atoms with E-state index in [0.717, 1.165) is 12.1 Å². The Kier molecular flexibility index (Phi) is 5.34. The molecular weight excluding hydrogens is 315 g/mol. The molecule has 0 bridgehead atoms. The highest BCUT2D eigenvalue weighted by Gasteiger charge is 2.14. The first-order valence-electron chi connectivity index (χ1n) is 6.36. The molecule has 1 heterocycles. The number of nitrogens with one attached hydrogen (secondary N) is 1. The lowest BCUT2D eigenvalue weighted by atomic mass is 10.2. The van der Waals surface area contributed by atoms with Gasteiger partial charge in [-0.25, -0.2) is 14.4 Å². The third-order valence-electron chi connectivity index (χ3n) is 2.79. The summed E-state index contributed by atoms with van der Waals surface area (Å²) >= 11 is 0. The Bertz CT molecular complexity index is 698. The predicted octanol–water partition coefficient (Wildman–Crippen LogP) is 2.16. The Morgan fingerprint density at radius 2 is 2.17 bits per heavy atom. The van der Waals surface area contributed by atoms with Crippen LogP contribution in [0, 0.1) is 5.82 Å². The van der Waals surface area contributed by atoms with Crippen LogP contribution in [0.5, 0.6) is 11.6 Å². The summed E-state index contributed by atoms with van der Waals surface area (Å²) in [6.07, 6.45) is 2.76. The van der Waals surface area contributed by atoms with Gasteiger partial charge in [-0.2, -0.15) is 8.78 Å². The number of aromatic nitrogens is 2. The highest BCUT2D eigenvalue weighted by molar-refractivity contribution is 5.94. The van der Waals surface area contributed by atoms with Crippen LogP contribution >= 0.6 is 0 Å². The monoisotopic (exact) mass is 327 g/mol. The molecule has 0 saturated heterocycles. The maximum absolute atomic E-state index is 13.6. The molecule has 1 amide bonds. The Morgan fingerprint density at radius 3 is 2.83 bits per heavy atom. The van der Waals surface area contributed by atoms with Gasteiger partial charge in [0.1, 0.15) is 6.33 Å². The SMILES string of the molecule is COc1ncncc1CNC(=O)c1ccc(OC(F)F)c(F)c1. The fraction of sp³-hybridized carbons (Fsp3) is 0.214. The van der Waals surface area contributed by atoms with Gasteiger partial charge in [0.15, 0.2) is 11.6 Å². The van der Waals surface area contributed by atoms with Crippen molar-refractivity contribution >= 4 is 5.91 Å². The lowest BCUT2D eigenvalue weighted by molar-refractivity contribution is -0.0521. The largest absolute Gasteiger partial charge is 0.481 e. The van der Waals surface area contributed by atoms with Gasteiger partial charge in [-0.1, -0.05) is 0 Å². The molecule has 6 nitrogen and oxygen atoms in total. The van der Waals surface area contributed by atoms with Gasteiger partial charge in [-0.15, -0.1) is 0 Å². The van der Waals surface area contributed by atoms with Gasteiger partial charge < -0.3 is 14.8 Å². The molecule has 0 atom stereocenters. The molecule has 9 heteroatoms. The van der Waals surface area contributed by atoms with Crippen molar-refractivity contribution < 1.29 is 27.4 Å². The van der Waals surface area contributed by atoms with Crippen molar-refractivity contribution in [1.82, 2.24) is 15.3 Å². The molecule has 1 aromatic carbocycles. The first-order valence-corrected chi connectivity index (χ1v) is 6.36. The summed E-state index contributed by atoms with van der Waals surface area (Å²) in [5.74, 6) is -1.99. The van der Waals surface area contributed by atoms with E-state index in [1.807, 2.05) is 0 Å². The summed E-state index contributed by atoms with van der Waals surface area (Å²) in [7, 11) is 1.42. The molecule has 0 radical (unpaired) electrons. The molecule has 23 heavy (non-hydrogen) atoms. The minimum atomic E-state index is -3.14. The quantitative estimate of drug-likeness (QED) is 0.880. The number of rotatable bonds is 6. The number of hydrogen-bond donors (Lipinski definition) is 1. The summed E-state index contributed by atoms with van der Waals surface area (Å²) < 4.78 is 46.6. The summed E-state index contributed by atoms with van der Waals surface area (Å²) in [6.45, 7) is -3.09. The van der Waals surface area contributed by atoms with Gasteiger partial charge in [0.25, 0.3) is 5.91 Å². The smallest absolute Gasteiger partial charge is 0.387 e. The lowest BCUT2D eigenvalue weighted by Gasteiger charge is -2.09. The first kappa shape index (κ1) is 16.5. The number of halogens is 3. The van der Waals surface area contributed by atoms with Crippen LogP contribution in [-0.4, -0.2) is 29.6 Å². The highest BCUT2D eigenvalue weighted by atomic mass is 19.3. The Hall–Kier alpha value is -2.84. The van der Waals surface area contributed by atoms with E-state index in [4.69, 9.17) is 4.74 Å². The van der Waals surface area contributed by atoms with Crippen LogP contribution in [0.2, 0.25) is 0 Å².